The lowest BCUT2D eigenvalue weighted by Crippen LogP contribution is -2.46. The number of carbonyl (C=O) groups excluding carboxylic acids is 2. The smallest absolute Gasteiger partial charge is 0.225 e. The summed E-state index contributed by atoms with van der Waals surface area (Å²) in [6.45, 7) is 7.08. The van der Waals surface area contributed by atoms with Crippen LogP contribution >= 0.6 is 11.6 Å². The third-order valence-electron chi connectivity index (χ3n) is 4.99. The van der Waals surface area contributed by atoms with E-state index >= 15 is 0 Å². The van der Waals surface area contributed by atoms with E-state index in [4.69, 9.17) is 11.6 Å². The molecule has 0 radical (unpaired) electrons. The largest absolute Gasteiger partial charge is 0.326 e. The zero-order chi connectivity index (χ0) is 19.9. The number of hydrogen-bond acceptors (Lipinski definition) is 4. The first-order valence-electron chi connectivity index (χ1n) is 9.59. The molecule has 1 aliphatic rings. The number of carbonyl (C=O) groups is 2. The fourth-order valence-corrected chi connectivity index (χ4v) is 3.55. The number of rotatable bonds is 7. The van der Waals surface area contributed by atoms with Gasteiger partial charge in [-0.05, 0) is 48.9 Å². The highest BCUT2D eigenvalue weighted by Crippen LogP contribution is 2.14. The van der Waals surface area contributed by atoms with Crippen LogP contribution < -0.4 is 5.32 Å². The Morgan fingerprint density at radius 2 is 1.68 bits per heavy atom. The van der Waals surface area contributed by atoms with E-state index in [-0.39, 0.29) is 11.7 Å². The Bertz CT molecular complexity index is 815. The van der Waals surface area contributed by atoms with Crippen LogP contribution in [0.25, 0.3) is 0 Å². The molecule has 2 aromatic carbocycles. The summed E-state index contributed by atoms with van der Waals surface area (Å²) in [7, 11) is 0. The van der Waals surface area contributed by atoms with Crippen molar-refractivity contribution >= 4 is 29.0 Å². The molecular weight excluding hydrogens is 374 g/mol. The van der Waals surface area contributed by atoms with Gasteiger partial charge in [0.15, 0.2) is 5.78 Å². The van der Waals surface area contributed by atoms with Crippen LogP contribution in [0.1, 0.15) is 29.3 Å². The number of nitrogens with one attached hydrogen (secondary N) is 1. The Balaban J connectivity index is 1.37. The molecule has 1 heterocycles. The minimum Gasteiger partial charge on any atom is -0.326 e. The number of Topliss-reactive ketones (excluding diaryl/α,β-unsaturated/α-hetero) is 1. The van der Waals surface area contributed by atoms with E-state index < -0.39 is 0 Å². The number of amides is 1. The summed E-state index contributed by atoms with van der Waals surface area (Å²) < 4.78 is 0. The molecule has 1 aliphatic heterocycles. The van der Waals surface area contributed by atoms with Crippen LogP contribution in [-0.4, -0.2) is 54.2 Å². The average molecular weight is 400 g/mol. The van der Waals surface area contributed by atoms with Gasteiger partial charge in [-0.3, -0.25) is 14.5 Å². The maximum atomic E-state index is 12.2. The number of piperazine rings is 1. The van der Waals surface area contributed by atoms with Crippen molar-refractivity contribution in [3.63, 3.8) is 0 Å². The van der Waals surface area contributed by atoms with Gasteiger partial charge in [-0.25, -0.2) is 0 Å². The van der Waals surface area contributed by atoms with Crippen molar-refractivity contribution < 1.29 is 9.59 Å². The zero-order valence-electron chi connectivity index (χ0n) is 16.2. The van der Waals surface area contributed by atoms with E-state index in [2.05, 4.69) is 21.2 Å². The molecule has 2 aromatic rings. The van der Waals surface area contributed by atoms with Gasteiger partial charge in [-0.2, -0.15) is 0 Å². The van der Waals surface area contributed by atoms with Gasteiger partial charge in [-0.1, -0.05) is 23.7 Å². The van der Waals surface area contributed by atoms with E-state index in [1.165, 1.54) is 12.5 Å². The minimum absolute atomic E-state index is 0.00284. The fourth-order valence-electron chi connectivity index (χ4n) is 3.34. The van der Waals surface area contributed by atoms with Crippen molar-refractivity contribution in [2.24, 2.45) is 0 Å². The maximum Gasteiger partial charge on any atom is 0.225 e. The van der Waals surface area contributed by atoms with Gasteiger partial charge in [0.1, 0.15) is 0 Å². The fraction of sp³-hybridized carbons (Fsp3) is 0.364. The summed E-state index contributed by atoms with van der Waals surface area (Å²) in [5.41, 5.74) is 2.60. The Morgan fingerprint density at radius 3 is 2.32 bits per heavy atom. The molecule has 5 nitrogen and oxygen atoms in total. The van der Waals surface area contributed by atoms with Crippen molar-refractivity contribution in [3.8, 4) is 0 Å². The van der Waals surface area contributed by atoms with Crippen LogP contribution in [0.15, 0.2) is 48.5 Å². The van der Waals surface area contributed by atoms with Gasteiger partial charge < -0.3 is 10.2 Å². The summed E-state index contributed by atoms with van der Waals surface area (Å²) in [4.78, 5) is 28.2. The van der Waals surface area contributed by atoms with Crippen molar-refractivity contribution in [3.05, 3.63) is 64.7 Å². The standard InChI is InChI=1S/C22H26ClN3O2/c1-17(27)19-5-7-21(8-6-19)24-22(28)9-10-25-11-13-26(14-12-25)16-18-3-2-4-20(23)15-18/h2-8,15H,9-14,16H2,1H3,(H,24,28). The minimum atomic E-state index is -0.00284. The Labute approximate surface area is 171 Å². The monoisotopic (exact) mass is 399 g/mol. The molecular formula is C22H26ClN3O2. The van der Waals surface area contributed by atoms with E-state index in [0.29, 0.717) is 12.0 Å². The van der Waals surface area contributed by atoms with Gasteiger partial charge >= 0.3 is 0 Å². The number of benzene rings is 2. The lowest BCUT2D eigenvalue weighted by atomic mass is 10.1. The van der Waals surface area contributed by atoms with E-state index in [1.54, 1.807) is 24.3 Å². The van der Waals surface area contributed by atoms with Crippen LogP contribution in [0, 0.1) is 0 Å². The topological polar surface area (TPSA) is 52.7 Å². The molecule has 1 amide bonds. The summed E-state index contributed by atoms with van der Waals surface area (Å²) in [5.74, 6) is 0.0179. The summed E-state index contributed by atoms with van der Waals surface area (Å²) in [6.07, 6.45) is 0.461. The highest BCUT2D eigenvalue weighted by atomic mass is 35.5. The third kappa shape index (κ3) is 6.16. The predicted octanol–water partition coefficient (Wildman–Crippen LogP) is 3.69. The molecule has 1 saturated heterocycles. The van der Waals surface area contributed by atoms with E-state index in [1.807, 2.05) is 18.2 Å². The molecule has 148 valence electrons. The normalized spacial score (nSPS) is 15.4. The van der Waals surface area contributed by atoms with Crippen LogP contribution in [0.2, 0.25) is 5.02 Å². The van der Waals surface area contributed by atoms with Gasteiger partial charge in [0.2, 0.25) is 5.91 Å². The number of anilines is 1. The number of nitrogens with zero attached hydrogens (tertiary/aromatic N) is 2. The lowest BCUT2D eigenvalue weighted by Gasteiger charge is -2.34. The molecule has 1 N–H and O–H groups in total. The quantitative estimate of drug-likeness (QED) is 0.721. The number of ketones is 1. The summed E-state index contributed by atoms with van der Waals surface area (Å²) >= 11 is 6.06. The van der Waals surface area contributed by atoms with Gasteiger partial charge in [0.25, 0.3) is 0 Å². The van der Waals surface area contributed by atoms with Gasteiger partial charge in [-0.15, -0.1) is 0 Å². The molecule has 0 aliphatic carbocycles. The Hall–Kier alpha value is -2.21. The predicted molar refractivity (Wildman–Crippen MR) is 113 cm³/mol. The molecule has 0 atom stereocenters. The van der Waals surface area contributed by atoms with Crippen LogP contribution in [-0.2, 0) is 11.3 Å². The van der Waals surface area contributed by atoms with Gasteiger partial charge in [0, 0.05) is 62.0 Å². The first kappa shape index (κ1) is 20.5. The first-order valence-corrected chi connectivity index (χ1v) is 9.97. The molecule has 0 spiro atoms. The van der Waals surface area contributed by atoms with Crippen molar-refractivity contribution in [1.29, 1.82) is 0 Å². The highest BCUT2D eigenvalue weighted by molar-refractivity contribution is 6.30. The second-order valence-corrected chi connectivity index (χ2v) is 7.62. The second kappa shape index (κ2) is 9.82. The van der Waals surface area contributed by atoms with Crippen molar-refractivity contribution in [2.45, 2.75) is 19.9 Å². The molecule has 3 rings (SSSR count). The molecule has 0 bridgehead atoms. The molecule has 0 aromatic heterocycles. The van der Waals surface area contributed by atoms with Crippen LogP contribution in [0.5, 0.6) is 0 Å². The van der Waals surface area contributed by atoms with Crippen molar-refractivity contribution in [1.82, 2.24) is 9.80 Å². The molecule has 0 saturated carbocycles. The molecule has 28 heavy (non-hydrogen) atoms. The Morgan fingerprint density at radius 1 is 1.00 bits per heavy atom. The average Bonchev–Trinajstić information content (AvgIpc) is 2.68. The first-order chi connectivity index (χ1) is 13.5. The zero-order valence-corrected chi connectivity index (χ0v) is 16.9. The second-order valence-electron chi connectivity index (χ2n) is 7.18. The summed E-state index contributed by atoms with van der Waals surface area (Å²) in [5, 5.41) is 3.67. The maximum absolute atomic E-state index is 12.2. The van der Waals surface area contributed by atoms with Crippen molar-refractivity contribution in [2.75, 3.05) is 38.0 Å². The highest BCUT2D eigenvalue weighted by Gasteiger charge is 2.17. The molecule has 1 fully saturated rings. The third-order valence-corrected chi connectivity index (χ3v) is 5.23. The van der Waals surface area contributed by atoms with Crippen LogP contribution in [0.3, 0.4) is 0 Å². The molecule has 6 heteroatoms. The van der Waals surface area contributed by atoms with E-state index in [0.717, 1.165) is 50.0 Å². The number of hydrogen-bond donors (Lipinski definition) is 1. The SMILES string of the molecule is CC(=O)c1ccc(NC(=O)CCN2CCN(Cc3cccc(Cl)c3)CC2)cc1. The molecule has 0 unspecified atom stereocenters. The van der Waals surface area contributed by atoms with Crippen LogP contribution in [0.4, 0.5) is 5.69 Å². The Kier molecular flexibility index (Phi) is 7.20. The number of halogens is 1. The summed E-state index contributed by atoms with van der Waals surface area (Å²) in [6, 6.07) is 15.0. The van der Waals surface area contributed by atoms with Gasteiger partial charge in [0.05, 0.1) is 0 Å². The lowest BCUT2D eigenvalue weighted by molar-refractivity contribution is -0.116. The van der Waals surface area contributed by atoms with E-state index in [9.17, 15) is 9.59 Å².